The minimum absolute atomic E-state index is 0.0901. The second kappa shape index (κ2) is 8.57. The molecule has 0 spiro atoms. The van der Waals surface area contributed by atoms with Gasteiger partial charge in [0, 0.05) is 5.69 Å². The van der Waals surface area contributed by atoms with Crippen LogP contribution in [0.4, 0.5) is 5.69 Å². The molecule has 1 N–H and O–H groups in total. The summed E-state index contributed by atoms with van der Waals surface area (Å²) in [5.41, 5.74) is 3.08. The monoisotopic (exact) mass is 505 g/mol. The molecule has 0 aliphatic carbocycles. The van der Waals surface area contributed by atoms with Crippen LogP contribution in [0.2, 0.25) is 0 Å². The van der Waals surface area contributed by atoms with Crippen LogP contribution in [0.1, 0.15) is 5.56 Å². The van der Waals surface area contributed by atoms with Gasteiger partial charge >= 0.3 is 0 Å². The number of benzene rings is 3. The van der Waals surface area contributed by atoms with E-state index in [1.807, 2.05) is 72.8 Å². The number of nitrogens with one attached hydrogen (secondary N) is 1. The molecule has 32 heavy (non-hydrogen) atoms. The van der Waals surface area contributed by atoms with Crippen molar-refractivity contribution in [2.45, 2.75) is 0 Å². The van der Waals surface area contributed by atoms with Gasteiger partial charge in [0.2, 0.25) is 0 Å². The first-order valence-electron chi connectivity index (χ1n) is 9.77. The minimum Gasteiger partial charge on any atom is -0.483 e. The summed E-state index contributed by atoms with van der Waals surface area (Å²) < 4.78 is 8.57. The van der Waals surface area contributed by atoms with Crippen molar-refractivity contribution in [1.29, 1.82) is 0 Å². The lowest BCUT2D eigenvalue weighted by molar-refractivity contribution is -0.118. The van der Waals surface area contributed by atoms with Crippen LogP contribution >= 0.6 is 27.3 Å². The third-order valence-electron chi connectivity index (χ3n) is 4.82. The van der Waals surface area contributed by atoms with Gasteiger partial charge < -0.3 is 10.1 Å². The fourth-order valence-electron chi connectivity index (χ4n) is 3.35. The fourth-order valence-corrected chi connectivity index (χ4v) is 4.85. The smallest absolute Gasteiger partial charge is 0.274 e. The number of fused-ring (bicyclic) bond motifs is 3. The molecule has 8 heteroatoms. The van der Waals surface area contributed by atoms with Gasteiger partial charge in [-0.3, -0.25) is 9.59 Å². The lowest BCUT2D eigenvalue weighted by Gasteiger charge is -2.09. The topological polar surface area (TPSA) is 72.7 Å². The quantitative estimate of drug-likeness (QED) is 0.387. The number of aromatic nitrogens is 2. The van der Waals surface area contributed by atoms with Crippen LogP contribution in [0.5, 0.6) is 5.75 Å². The molecule has 3 aromatic carbocycles. The molecule has 0 saturated heterocycles. The highest BCUT2D eigenvalue weighted by molar-refractivity contribution is 9.10. The van der Waals surface area contributed by atoms with Crippen molar-refractivity contribution in [3.8, 4) is 5.75 Å². The molecule has 0 atom stereocenters. The minimum atomic E-state index is -0.246. The first-order valence-corrected chi connectivity index (χ1v) is 11.4. The second-order valence-electron chi connectivity index (χ2n) is 7.03. The van der Waals surface area contributed by atoms with E-state index in [-0.39, 0.29) is 18.1 Å². The number of halogens is 1. The van der Waals surface area contributed by atoms with Crippen LogP contribution in [0.15, 0.2) is 82.1 Å². The Labute approximate surface area is 194 Å². The van der Waals surface area contributed by atoms with E-state index in [9.17, 15) is 9.59 Å². The summed E-state index contributed by atoms with van der Waals surface area (Å²) in [6.45, 7) is -0.115. The average Bonchev–Trinajstić information content (AvgIpc) is 3.30. The maximum Gasteiger partial charge on any atom is 0.274 e. The van der Waals surface area contributed by atoms with Crippen molar-refractivity contribution >= 4 is 60.9 Å². The largest absolute Gasteiger partial charge is 0.483 e. The van der Waals surface area contributed by atoms with E-state index in [1.54, 1.807) is 10.5 Å². The molecular formula is C24H16BrN3O3S. The Morgan fingerprint density at radius 1 is 1.09 bits per heavy atom. The predicted molar refractivity (Wildman–Crippen MR) is 130 cm³/mol. The zero-order chi connectivity index (χ0) is 22.1. The third kappa shape index (κ3) is 4.02. The first-order chi connectivity index (χ1) is 15.6. The Hall–Kier alpha value is -3.49. The summed E-state index contributed by atoms with van der Waals surface area (Å²) in [4.78, 5) is 30.2. The lowest BCUT2D eigenvalue weighted by Crippen LogP contribution is -2.22. The maximum absolute atomic E-state index is 12.9. The summed E-state index contributed by atoms with van der Waals surface area (Å²) in [5, 5.41) is 2.78. The molecule has 0 radical (unpaired) electrons. The Morgan fingerprint density at radius 2 is 1.88 bits per heavy atom. The van der Waals surface area contributed by atoms with Gasteiger partial charge in [0.15, 0.2) is 11.6 Å². The molecule has 6 nitrogen and oxygen atoms in total. The highest BCUT2D eigenvalue weighted by atomic mass is 79.9. The van der Waals surface area contributed by atoms with E-state index in [0.717, 1.165) is 16.6 Å². The highest BCUT2D eigenvalue weighted by Gasteiger charge is 2.11. The van der Waals surface area contributed by atoms with Crippen molar-refractivity contribution in [3.05, 3.63) is 97.7 Å². The van der Waals surface area contributed by atoms with Crippen LogP contribution in [0.25, 0.3) is 22.1 Å². The summed E-state index contributed by atoms with van der Waals surface area (Å²) in [7, 11) is 0. The van der Waals surface area contributed by atoms with E-state index < -0.39 is 0 Å². The van der Waals surface area contributed by atoms with Crippen molar-refractivity contribution in [2.75, 3.05) is 11.9 Å². The van der Waals surface area contributed by atoms with Crippen molar-refractivity contribution in [1.82, 2.24) is 9.38 Å². The van der Waals surface area contributed by atoms with Crippen molar-refractivity contribution < 1.29 is 9.53 Å². The Balaban J connectivity index is 1.35. The number of ether oxygens (including phenoxy) is 1. The number of amides is 1. The van der Waals surface area contributed by atoms with Gasteiger partial charge in [0.25, 0.3) is 11.5 Å². The molecule has 0 unspecified atom stereocenters. The van der Waals surface area contributed by atoms with Crippen molar-refractivity contribution in [2.24, 2.45) is 0 Å². The lowest BCUT2D eigenvalue weighted by atomic mass is 10.2. The van der Waals surface area contributed by atoms with Gasteiger partial charge in [-0.25, -0.2) is 9.38 Å². The molecular weight excluding hydrogens is 490 g/mol. The molecule has 1 amide bonds. The van der Waals surface area contributed by atoms with Gasteiger partial charge in [-0.2, -0.15) is 0 Å². The van der Waals surface area contributed by atoms with Gasteiger partial charge in [-0.05, 0) is 64.0 Å². The van der Waals surface area contributed by atoms with Crippen LogP contribution < -0.4 is 20.1 Å². The predicted octanol–water partition coefficient (Wildman–Crippen LogP) is 4.24. The molecule has 5 aromatic rings. The van der Waals surface area contributed by atoms with E-state index in [2.05, 4.69) is 26.2 Å². The number of carbonyl (C=O) groups excluding carboxylic acids is 1. The number of hydrogen-bond acceptors (Lipinski definition) is 5. The number of nitrogens with zero attached hydrogens (tertiary/aromatic N) is 2. The van der Waals surface area contributed by atoms with Gasteiger partial charge in [-0.15, -0.1) is 0 Å². The second-order valence-corrected chi connectivity index (χ2v) is 8.89. The summed E-state index contributed by atoms with van der Waals surface area (Å²) in [5.74, 6) is 0.295. The van der Waals surface area contributed by atoms with Crippen LogP contribution in [-0.4, -0.2) is 21.9 Å². The van der Waals surface area contributed by atoms with E-state index in [1.165, 1.54) is 11.3 Å². The molecule has 5 rings (SSSR count). The SMILES string of the molecule is O=C(COc1ccc(C=c2sc3nc4ccccc4n3c2=O)cc1Br)Nc1ccccc1. The van der Waals surface area contributed by atoms with Crippen LogP contribution in [-0.2, 0) is 4.79 Å². The van der Waals surface area contributed by atoms with Crippen LogP contribution in [0.3, 0.4) is 0 Å². The number of para-hydroxylation sites is 3. The van der Waals surface area contributed by atoms with E-state index in [0.29, 0.717) is 25.4 Å². The van der Waals surface area contributed by atoms with Crippen LogP contribution in [0, 0.1) is 0 Å². The van der Waals surface area contributed by atoms with Gasteiger partial charge in [0.1, 0.15) is 5.75 Å². The molecule has 0 bridgehead atoms. The summed E-state index contributed by atoms with van der Waals surface area (Å²) in [6, 6.07) is 22.3. The van der Waals surface area contributed by atoms with Gasteiger partial charge in [-0.1, -0.05) is 47.7 Å². The summed E-state index contributed by atoms with van der Waals surface area (Å²) >= 11 is 4.84. The number of thiazole rings is 1. The van der Waals surface area contributed by atoms with Crippen molar-refractivity contribution in [3.63, 3.8) is 0 Å². The zero-order valence-electron chi connectivity index (χ0n) is 16.6. The highest BCUT2D eigenvalue weighted by Crippen LogP contribution is 2.26. The normalized spacial score (nSPS) is 11.8. The van der Waals surface area contributed by atoms with Gasteiger partial charge in [0.05, 0.1) is 20.0 Å². The molecule has 0 aliphatic heterocycles. The number of hydrogen-bond donors (Lipinski definition) is 1. The number of carbonyl (C=O) groups is 1. The summed E-state index contributed by atoms with van der Waals surface area (Å²) in [6.07, 6.45) is 1.83. The molecule has 0 aliphatic rings. The fraction of sp³-hybridized carbons (Fsp3) is 0.0417. The molecule has 0 fully saturated rings. The average molecular weight is 506 g/mol. The standard InChI is InChI=1S/C24H16BrN3O3S/c25-17-12-15(10-11-20(17)31-14-22(29)26-16-6-2-1-3-7-16)13-21-23(30)28-19-9-5-4-8-18(19)27-24(28)32-21/h1-13H,14H2,(H,26,29). The Kier molecular flexibility index (Phi) is 5.46. The Morgan fingerprint density at radius 3 is 2.69 bits per heavy atom. The number of anilines is 1. The maximum atomic E-state index is 12.9. The first kappa shape index (κ1) is 20.4. The third-order valence-corrected chi connectivity index (χ3v) is 6.40. The molecule has 2 aromatic heterocycles. The number of imidazole rings is 1. The molecule has 2 heterocycles. The molecule has 0 saturated carbocycles. The number of rotatable bonds is 5. The molecule has 158 valence electrons. The zero-order valence-corrected chi connectivity index (χ0v) is 19.0. The van der Waals surface area contributed by atoms with E-state index >= 15 is 0 Å². The Bertz CT molecular complexity index is 1560. The van der Waals surface area contributed by atoms with E-state index in [4.69, 9.17) is 4.74 Å².